The number of carbonyl (C=O) groups is 1. The van der Waals surface area contributed by atoms with Gasteiger partial charge in [0, 0.05) is 19.0 Å². The van der Waals surface area contributed by atoms with Crippen LogP contribution < -0.4 is 15.8 Å². The Balaban J connectivity index is 2.23. The molecule has 0 unspecified atom stereocenters. The molecule has 0 aliphatic carbocycles. The smallest absolute Gasteiger partial charge is 0.218 e. The molecule has 1 heterocycles. The van der Waals surface area contributed by atoms with E-state index in [2.05, 4.69) is 15.3 Å². The molecule has 0 fully saturated rings. The van der Waals surface area contributed by atoms with Crippen LogP contribution in [0.2, 0.25) is 0 Å². The fraction of sp³-hybridized carbons (Fsp3) is 0.500. The molecule has 1 rings (SSSR count). The molecule has 1 aromatic rings. The Morgan fingerprint density at radius 1 is 1.50 bits per heavy atom. The number of amides is 1. The van der Waals surface area contributed by atoms with Gasteiger partial charge >= 0.3 is 0 Å². The molecule has 88 valence electrons. The van der Waals surface area contributed by atoms with E-state index in [1.54, 1.807) is 13.2 Å². The summed E-state index contributed by atoms with van der Waals surface area (Å²) in [6.45, 7) is 0.743. The summed E-state index contributed by atoms with van der Waals surface area (Å²) in [5, 5.41) is 3.11. The fourth-order valence-corrected chi connectivity index (χ4v) is 1.19. The lowest BCUT2D eigenvalue weighted by molar-refractivity contribution is -0.118. The molecule has 0 atom stereocenters. The topological polar surface area (TPSA) is 90.1 Å². The number of rotatable bonds is 7. The minimum atomic E-state index is -0.260. The molecule has 16 heavy (non-hydrogen) atoms. The summed E-state index contributed by atoms with van der Waals surface area (Å²) in [6, 6.07) is 1.72. The third-order valence-electron chi connectivity index (χ3n) is 2.01. The molecule has 0 saturated carbocycles. The van der Waals surface area contributed by atoms with Gasteiger partial charge in [-0.3, -0.25) is 4.79 Å². The third kappa shape index (κ3) is 4.59. The highest BCUT2D eigenvalue weighted by Gasteiger charge is 1.98. The molecule has 1 aromatic heterocycles. The number of methoxy groups -OCH3 is 1. The van der Waals surface area contributed by atoms with Gasteiger partial charge in [-0.05, 0) is 12.8 Å². The Morgan fingerprint density at radius 2 is 2.31 bits per heavy atom. The van der Waals surface area contributed by atoms with Gasteiger partial charge in [-0.2, -0.15) is 0 Å². The van der Waals surface area contributed by atoms with Crippen LogP contribution in [0.4, 0.5) is 5.82 Å². The quantitative estimate of drug-likeness (QED) is 0.660. The van der Waals surface area contributed by atoms with Crippen LogP contribution in [0.15, 0.2) is 12.4 Å². The zero-order valence-corrected chi connectivity index (χ0v) is 9.27. The number of hydrogen-bond donors (Lipinski definition) is 2. The van der Waals surface area contributed by atoms with E-state index in [0.29, 0.717) is 18.1 Å². The lowest BCUT2D eigenvalue weighted by Crippen LogP contribution is -2.11. The second-order valence-electron chi connectivity index (χ2n) is 3.30. The van der Waals surface area contributed by atoms with Crippen LogP contribution in [-0.4, -0.2) is 29.5 Å². The highest BCUT2D eigenvalue weighted by molar-refractivity contribution is 5.73. The molecule has 1 amide bonds. The van der Waals surface area contributed by atoms with Gasteiger partial charge in [0.1, 0.15) is 12.1 Å². The molecule has 3 N–H and O–H groups in total. The number of nitrogens with one attached hydrogen (secondary N) is 1. The maximum absolute atomic E-state index is 10.5. The van der Waals surface area contributed by atoms with Crippen LogP contribution in [0.1, 0.15) is 19.3 Å². The van der Waals surface area contributed by atoms with Crippen molar-refractivity contribution in [2.75, 3.05) is 19.0 Å². The van der Waals surface area contributed by atoms with Crippen molar-refractivity contribution in [3.63, 3.8) is 0 Å². The summed E-state index contributed by atoms with van der Waals surface area (Å²) in [7, 11) is 1.55. The van der Waals surface area contributed by atoms with Crippen LogP contribution in [0.5, 0.6) is 5.88 Å². The summed E-state index contributed by atoms with van der Waals surface area (Å²) >= 11 is 0. The molecule has 6 nitrogen and oxygen atoms in total. The maximum atomic E-state index is 10.5. The van der Waals surface area contributed by atoms with E-state index in [4.69, 9.17) is 10.5 Å². The molecule has 0 aliphatic heterocycles. The predicted molar refractivity (Wildman–Crippen MR) is 60.1 cm³/mol. The van der Waals surface area contributed by atoms with Gasteiger partial charge in [0.15, 0.2) is 0 Å². The van der Waals surface area contributed by atoms with Gasteiger partial charge < -0.3 is 15.8 Å². The first-order chi connectivity index (χ1) is 7.72. The first kappa shape index (κ1) is 12.2. The van der Waals surface area contributed by atoms with Gasteiger partial charge in [-0.15, -0.1) is 0 Å². The second kappa shape index (κ2) is 6.60. The van der Waals surface area contributed by atoms with E-state index in [1.807, 2.05) is 0 Å². The van der Waals surface area contributed by atoms with Crippen molar-refractivity contribution < 1.29 is 9.53 Å². The lowest BCUT2D eigenvalue weighted by Gasteiger charge is -2.05. The summed E-state index contributed by atoms with van der Waals surface area (Å²) in [6.07, 6.45) is 3.51. The van der Waals surface area contributed by atoms with E-state index in [9.17, 15) is 4.79 Å². The lowest BCUT2D eigenvalue weighted by atomic mass is 10.2. The summed E-state index contributed by atoms with van der Waals surface area (Å²) in [5.74, 6) is 0.976. The predicted octanol–water partition coefficient (Wildman–Crippen LogP) is 0.553. The first-order valence-corrected chi connectivity index (χ1v) is 5.10. The van der Waals surface area contributed by atoms with E-state index < -0.39 is 0 Å². The Labute approximate surface area is 94.2 Å². The van der Waals surface area contributed by atoms with Gasteiger partial charge in [-0.1, -0.05) is 0 Å². The number of carbonyl (C=O) groups excluding carboxylic acids is 1. The van der Waals surface area contributed by atoms with Crippen molar-refractivity contribution in [3.05, 3.63) is 12.4 Å². The monoisotopic (exact) mass is 224 g/mol. The van der Waals surface area contributed by atoms with Gasteiger partial charge in [0.05, 0.1) is 7.11 Å². The van der Waals surface area contributed by atoms with Crippen molar-refractivity contribution in [2.45, 2.75) is 19.3 Å². The molecular weight excluding hydrogens is 208 g/mol. The van der Waals surface area contributed by atoms with Crippen molar-refractivity contribution in [2.24, 2.45) is 5.73 Å². The van der Waals surface area contributed by atoms with Crippen LogP contribution >= 0.6 is 0 Å². The maximum Gasteiger partial charge on any atom is 0.218 e. The zero-order chi connectivity index (χ0) is 11.8. The molecular formula is C10H16N4O2. The molecule has 0 aliphatic rings. The average molecular weight is 224 g/mol. The van der Waals surface area contributed by atoms with Gasteiger partial charge in [0.2, 0.25) is 11.8 Å². The van der Waals surface area contributed by atoms with Gasteiger partial charge in [0.25, 0.3) is 0 Å². The number of hydrogen-bond acceptors (Lipinski definition) is 5. The molecule has 0 aromatic carbocycles. The number of ether oxygens (including phenoxy) is 1. The standard InChI is InChI=1S/C10H16N4O2/c1-16-10-6-9(13-7-14-10)12-5-3-2-4-8(11)15/h6-7H,2-5H2,1H3,(H2,11,15)(H,12,13,14). The van der Waals surface area contributed by atoms with E-state index >= 15 is 0 Å². The number of anilines is 1. The van der Waals surface area contributed by atoms with Crippen LogP contribution in [-0.2, 0) is 4.79 Å². The van der Waals surface area contributed by atoms with E-state index in [0.717, 1.165) is 19.4 Å². The highest BCUT2D eigenvalue weighted by atomic mass is 16.5. The second-order valence-corrected chi connectivity index (χ2v) is 3.30. The highest BCUT2D eigenvalue weighted by Crippen LogP contribution is 2.10. The van der Waals surface area contributed by atoms with Crippen molar-refractivity contribution in [1.82, 2.24) is 9.97 Å². The molecule has 0 radical (unpaired) electrons. The van der Waals surface area contributed by atoms with E-state index in [1.165, 1.54) is 6.33 Å². The Morgan fingerprint density at radius 3 is 3.00 bits per heavy atom. The van der Waals surface area contributed by atoms with Crippen LogP contribution in [0.3, 0.4) is 0 Å². The normalized spacial score (nSPS) is 9.81. The summed E-state index contributed by atoms with van der Waals surface area (Å²) < 4.78 is 4.96. The SMILES string of the molecule is COc1cc(NCCCCC(N)=O)ncn1. The first-order valence-electron chi connectivity index (χ1n) is 5.10. The van der Waals surface area contributed by atoms with E-state index in [-0.39, 0.29) is 5.91 Å². The minimum absolute atomic E-state index is 0.260. The number of unbranched alkanes of at least 4 members (excludes halogenated alkanes) is 1. The van der Waals surface area contributed by atoms with Crippen molar-refractivity contribution in [1.29, 1.82) is 0 Å². The Bertz CT molecular complexity index is 343. The van der Waals surface area contributed by atoms with Gasteiger partial charge in [-0.25, -0.2) is 9.97 Å². The van der Waals surface area contributed by atoms with Crippen LogP contribution in [0.25, 0.3) is 0 Å². The minimum Gasteiger partial charge on any atom is -0.481 e. The summed E-state index contributed by atoms with van der Waals surface area (Å²) in [5.41, 5.74) is 5.03. The van der Waals surface area contributed by atoms with Crippen molar-refractivity contribution >= 4 is 11.7 Å². The number of nitrogens with two attached hydrogens (primary N) is 1. The zero-order valence-electron chi connectivity index (χ0n) is 9.27. The Hall–Kier alpha value is -1.85. The number of nitrogens with zero attached hydrogens (tertiary/aromatic N) is 2. The van der Waals surface area contributed by atoms with Crippen molar-refractivity contribution in [3.8, 4) is 5.88 Å². The Kier molecular flexibility index (Phi) is 5.04. The average Bonchev–Trinajstić information content (AvgIpc) is 2.28. The third-order valence-corrected chi connectivity index (χ3v) is 2.01. The largest absolute Gasteiger partial charge is 0.481 e. The molecule has 0 saturated heterocycles. The summed E-state index contributed by atoms with van der Waals surface area (Å²) in [4.78, 5) is 18.4. The molecule has 0 bridgehead atoms. The molecule has 0 spiro atoms. The molecule has 6 heteroatoms. The number of aromatic nitrogens is 2. The fourth-order valence-electron chi connectivity index (χ4n) is 1.19. The van der Waals surface area contributed by atoms with Crippen LogP contribution in [0, 0.1) is 0 Å². The number of primary amides is 1.